The number of rotatable bonds is 26. The Kier molecular flexibility index (Phi) is 24.6. The zero-order valence-electron chi connectivity index (χ0n) is 21.1. The normalized spacial score (nSPS) is 12.0. The molecule has 0 aliphatic heterocycles. The van der Waals surface area contributed by atoms with Crippen molar-refractivity contribution in [2.45, 2.75) is 90.6 Å². The summed E-state index contributed by atoms with van der Waals surface area (Å²) in [5.41, 5.74) is 0. The van der Waals surface area contributed by atoms with Crippen LogP contribution in [0.5, 0.6) is 0 Å². The summed E-state index contributed by atoms with van der Waals surface area (Å²) >= 11 is 0. The van der Waals surface area contributed by atoms with Crippen LogP contribution in [0.25, 0.3) is 0 Å². The van der Waals surface area contributed by atoms with E-state index in [9.17, 15) is 0 Å². The van der Waals surface area contributed by atoms with Crippen LogP contribution in [0, 0.1) is 0 Å². The molecule has 0 spiro atoms. The summed E-state index contributed by atoms with van der Waals surface area (Å²) in [5, 5.41) is 0. The molecule has 0 rings (SSSR count). The number of ether oxygens (including phenoxy) is 4. The van der Waals surface area contributed by atoms with E-state index in [1.807, 2.05) is 0 Å². The van der Waals surface area contributed by atoms with Crippen molar-refractivity contribution in [1.29, 1.82) is 0 Å². The minimum atomic E-state index is -1.89. The standard InChI is InChI=1S/C24H52O6Si/c1-5-29-31(4,30-6-2)24-15-13-11-9-7-8-10-12-14-17-26-18-16-19-27-22-23-28-21-20-25-3/h5-24H2,1-4H3. The average molecular weight is 465 g/mol. The Bertz CT molecular complexity index is 340. The first-order valence-corrected chi connectivity index (χ1v) is 15.2. The van der Waals surface area contributed by atoms with Crippen LogP contribution in [-0.2, 0) is 27.8 Å². The summed E-state index contributed by atoms with van der Waals surface area (Å²) < 4.78 is 33.2. The van der Waals surface area contributed by atoms with E-state index in [0.29, 0.717) is 26.4 Å². The van der Waals surface area contributed by atoms with Gasteiger partial charge in [0.25, 0.3) is 0 Å². The average Bonchev–Trinajstić information content (AvgIpc) is 2.75. The van der Waals surface area contributed by atoms with Crippen molar-refractivity contribution in [2.75, 3.05) is 66.6 Å². The number of unbranched alkanes of at least 4 members (excludes halogenated alkanes) is 8. The van der Waals surface area contributed by atoms with Crippen LogP contribution in [0.4, 0.5) is 0 Å². The van der Waals surface area contributed by atoms with Crippen LogP contribution in [0.15, 0.2) is 0 Å². The summed E-state index contributed by atoms with van der Waals surface area (Å²) in [4.78, 5) is 0. The van der Waals surface area contributed by atoms with Gasteiger partial charge < -0.3 is 27.8 Å². The molecule has 0 aromatic carbocycles. The summed E-state index contributed by atoms with van der Waals surface area (Å²) in [6.07, 6.45) is 12.7. The molecule has 0 unspecified atom stereocenters. The Morgan fingerprint density at radius 2 is 0.903 bits per heavy atom. The van der Waals surface area contributed by atoms with E-state index in [4.69, 9.17) is 27.8 Å². The van der Waals surface area contributed by atoms with Crippen LogP contribution >= 0.6 is 0 Å². The molecule has 0 saturated carbocycles. The highest BCUT2D eigenvalue weighted by Crippen LogP contribution is 2.19. The second-order valence-electron chi connectivity index (χ2n) is 8.12. The third-order valence-corrected chi connectivity index (χ3v) is 8.26. The fraction of sp³-hybridized carbons (Fsp3) is 1.00. The van der Waals surface area contributed by atoms with Crippen molar-refractivity contribution in [1.82, 2.24) is 0 Å². The van der Waals surface area contributed by atoms with Crippen LogP contribution in [0.2, 0.25) is 12.6 Å². The van der Waals surface area contributed by atoms with Crippen molar-refractivity contribution in [3.63, 3.8) is 0 Å². The molecule has 0 aliphatic carbocycles. The Labute approximate surface area is 193 Å². The van der Waals surface area contributed by atoms with Gasteiger partial charge in [-0.15, -0.1) is 0 Å². The molecule has 0 heterocycles. The van der Waals surface area contributed by atoms with Crippen molar-refractivity contribution < 1.29 is 27.8 Å². The number of methoxy groups -OCH3 is 1. The minimum absolute atomic E-state index is 0.632. The van der Waals surface area contributed by atoms with Gasteiger partial charge in [-0.3, -0.25) is 0 Å². The molecule has 6 nitrogen and oxygen atoms in total. The number of hydrogen-bond donors (Lipinski definition) is 0. The first kappa shape index (κ1) is 31.0. The predicted octanol–water partition coefficient (Wildman–Crippen LogP) is 5.73. The van der Waals surface area contributed by atoms with E-state index >= 15 is 0 Å². The van der Waals surface area contributed by atoms with Gasteiger partial charge in [-0.05, 0) is 39.3 Å². The second-order valence-corrected chi connectivity index (χ2v) is 11.5. The summed E-state index contributed by atoms with van der Waals surface area (Å²) in [6.45, 7) is 12.8. The molecule has 0 atom stereocenters. The molecule has 7 heteroatoms. The first-order valence-electron chi connectivity index (χ1n) is 12.7. The van der Waals surface area contributed by atoms with Crippen molar-refractivity contribution >= 4 is 8.56 Å². The molecule has 0 fully saturated rings. The van der Waals surface area contributed by atoms with Crippen molar-refractivity contribution in [2.24, 2.45) is 0 Å². The van der Waals surface area contributed by atoms with Gasteiger partial charge in [-0.1, -0.05) is 51.4 Å². The van der Waals surface area contributed by atoms with Gasteiger partial charge in [0.05, 0.1) is 26.4 Å². The third-order valence-electron chi connectivity index (χ3n) is 5.20. The maximum atomic E-state index is 5.91. The molecule has 0 N–H and O–H groups in total. The number of hydrogen-bond acceptors (Lipinski definition) is 6. The molecule has 0 aromatic heterocycles. The fourth-order valence-corrected chi connectivity index (χ4v) is 6.00. The van der Waals surface area contributed by atoms with E-state index < -0.39 is 8.56 Å². The molecule has 0 aromatic rings. The van der Waals surface area contributed by atoms with Crippen molar-refractivity contribution in [3.8, 4) is 0 Å². The summed E-state index contributed by atoms with van der Waals surface area (Å²) in [5.74, 6) is 0. The van der Waals surface area contributed by atoms with Crippen LogP contribution in [-0.4, -0.2) is 75.1 Å². The lowest BCUT2D eigenvalue weighted by atomic mass is 10.1. The van der Waals surface area contributed by atoms with Gasteiger partial charge in [0.15, 0.2) is 0 Å². The topological polar surface area (TPSA) is 55.4 Å². The molecule has 0 radical (unpaired) electrons. The van der Waals surface area contributed by atoms with Gasteiger partial charge in [-0.2, -0.15) is 0 Å². The van der Waals surface area contributed by atoms with E-state index in [0.717, 1.165) is 45.5 Å². The predicted molar refractivity (Wildman–Crippen MR) is 130 cm³/mol. The van der Waals surface area contributed by atoms with E-state index in [-0.39, 0.29) is 0 Å². The Morgan fingerprint density at radius 1 is 0.484 bits per heavy atom. The summed E-state index contributed by atoms with van der Waals surface area (Å²) in [6, 6.07) is 1.13. The molecule has 0 amide bonds. The van der Waals surface area contributed by atoms with Gasteiger partial charge in [0.1, 0.15) is 0 Å². The minimum Gasteiger partial charge on any atom is -0.395 e. The lowest BCUT2D eigenvalue weighted by Gasteiger charge is -2.25. The van der Waals surface area contributed by atoms with Gasteiger partial charge >= 0.3 is 8.56 Å². The highest BCUT2D eigenvalue weighted by Gasteiger charge is 2.29. The van der Waals surface area contributed by atoms with Gasteiger partial charge in [0.2, 0.25) is 0 Å². The van der Waals surface area contributed by atoms with E-state index in [1.165, 1.54) is 57.8 Å². The molecule has 0 bridgehead atoms. The summed E-state index contributed by atoms with van der Waals surface area (Å²) in [7, 11) is -0.217. The van der Waals surface area contributed by atoms with E-state index in [2.05, 4.69) is 20.4 Å². The SMILES string of the molecule is CCO[Si](C)(CCCCCCCCCCCOCCCOCCOCCOC)OCC. The lowest BCUT2D eigenvalue weighted by Crippen LogP contribution is -2.38. The largest absolute Gasteiger partial charge is 0.395 e. The third kappa shape index (κ3) is 22.9. The zero-order valence-corrected chi connectivity index (χ0v) is 22.1. The highest BCUT2D eigenvalue weighted by molar-refractivity contribution is 6.66. The van der Waals surface area contributed by atoms with E-state index in [1.54, 1.807) is 7.11 Å². The quantitative estimate of drug-likeness (QED) is 0.120. The maximum Gasteiger partial charge on any atom is 0.334 e. The van der Waals surface area contributed by atoms with Gasteiger partial charge in [0, 0.05) is 40.1 Å². The molecule has 0 saturated heterocycles. The van der Waals surface area contributed by atoms with Crippen LogP contribution in [0.3, 0.4) is 0 Å². The molecular formula is C24H52O6Si. The second kappa shape index (κ2) is 24.6. The molecule has 31 heavy (non-hydrogen) atoms. The monoisotopic (exact) mass is 464 g/mol. The Hall–Kier alpha value is -0.0231. The Balaban J connectivity index is 3.20. The Morgan fingerprint density at radius 3 is 1.45 bits per heavy atom. The van der Waals surface area contributed by atoms with Crippen LogP contribution in [0.1, 0.15) is 78.1 Å². The molecule has 188 valence electrons. The molecule has 0 aliphatic rings. The molecular weight excluding hydrogens is 412 g/mol. The fourth-order valence-electron chi connectivity index (χ4n) is 3.51. The highest BCUT2D eigenvalue weighted by atomic mass is 28.4. The first-order chi connectivity index (χ1) is 15.2. The van der Waals surface area contributed by atoms with Crippen molar-refractivity contribution in [3.05, 3.63) is 0 Å². The lowest BCUT2D eigenvalue weighted by molar-refractivity contribution is 0.0181. The van der Waals surface area contributed by atoms with Crippen LogP contribution < -0.4 is 0 Å². The zero-order chi connectivity index (χ0) is 22.9. The van der Waals surface area contributed by atoms with Gasteiger partial charge in [-0.25, -0.2) is 0 Å². The maximum absolute atomic E-state index is 5.91. The smallest absolute Gasteiger partial charge is 0.334 e.